The smallest absolute Gasteiger partial charge is 0.328 e. The average Bonchev–Trinajstić information content (AvgIpc) is 2.63. The van der Waals surface area contributed by atoms with E-state index in [2.05, 4.69) is 10.6 Å². The van der Waals surface area contributed by atoms with Gasteiger partial charge >= 0.3 is 5.97 Å². The molecule has 0 saturated heterocycles. The van der Waals surface area contributed by atoms with Gasteiger partial charge in [-0.3, -0.25) is 9.59 Å². The van der Waals surface area contributed by atoms with Crippen molar-refractivity contribution in [3.05, 3.63) is 35.9 Å². The van der Waals surface area contributed by atoms with Gasteiger partial charge in [0.2, 0.25) is 11.8 Å². The summed E-state index contributed by atoms with van der Waals surface area (Å²) in [5.41, 5.74) is 1.01. The number of methoxy groups -OCH3 is 1. The molecule has 0 aromatic heterocycles. The molecule has 0 unspecified atom stereocenters. The molecule has 0 fully saturated rings. The van der Waals surface area contributed by atoms with Crippen molar-refractivity contribution in [2.24, 2.45) is 0 Å². The molecule has 0 heterocycles. The van der Waals surface area contributed by atoms with Crippen molar-refractivity contribution in [3.63, 3.8) is 0 Å². The molecule has 0 aliphatic heterocycles. The number of benzene rings is 1. The number of rotatable bonds is 10. The summed E-state index contributed by atoms with van der Waals surface area (Å²) in [5, 5.41) is 5.51. The van der Waals surface area contributed by atoms with Crippen LogP contribution < -0.4 is 10.6 Å². The maximum Gasteiger partial charge on any atom is 0.328 e. The summed E-state index contributed by atoms with van der Waals surface area (Å²) >= 11 is 0. The first-order valence-corrected chi connectivity index (χ1v) is 8.69. The molecule has 0 radical (unpaired) electrons. The maximum absolute atomic E-state index is 12.0. The molecule has 6 nitrogen and oxygen atoms in total. The Hall–Kier alpha value is -2.37. The molecule has 0 aliphatic carbocycles. The van der Waals surface area contributed by atoms with Gasteiger partial charge < -0.3 is 15.4 Å². The van der Waals surface area contributed by atoms with E-state index in [1.807, 2.05) is 44.2 Å². The third kappa shape index (κ3) is 7.83. The van der Waals surface area contributed by atoms with Gasteiger partial charge in [0.1, 0.15) is 6.04 Å². The third-order valence-corrected chi connectivity index (χ3v) is 3.92. The molecular formula is C19H28N2O4. The number of esters is 1. The highest BCUT2D eigenvalue weighted by molar-refractivity contribution is 5.87. The summed E-state index contributed by atoms with van der Waals surface area (Å²) in [6.07, 6.45) is 2.38. The van der Waals surface area contributed by atoms with E-state index in [9.17, 15) is 14.4 Å². The third-order valence-electron chi connectivity index (χ3n) is 3.92. The fourth-order valence-electron chi connectivity index (χ4n) is 2.43. The molecule has 6 heteroatoms. The molecule has 2 atom stereocenters. The van der Waals surface area contributed by atoms with E-state index in [-0.39, 0.29) is 30.7 Å². The zero-order valence-electron chi connectivity index (χ0n) is 15.2. The highest BCUT2D eigenvalue weighted by Gasteiger charge is 2.21. The van der Waals surface area contributed by atoms with Crippen LogP contribution in [-0.4, -0.2) is 30.9 Å². The standard InChI is InChI=1S/C19H28N2O4/c1-4-5-11-16(19(24)25-3)21-18(23)13-12-17(22)20-14(2)15-9-7-6-8-10-15/h6-10,14,16H,4-5,11-13H2,1-3H3,(H,20,22)(H,21,23)/t14-,16-/m1/s1. The molecule has 138 valence electrons. The van der Waals surface area contributed by atoms with Gasteiger partial charge in [-0.15, -0.1) is 0 Å². The van der Waals surface area contributed by atoms with Crippen molar-refractivity contribution in [1.29, 1.82) is 0 Å². The van der Waals surface area contributed by atoms with Crippen LogP contribution in [0, 0.1) is 0 Å². The van der Waals surface area contributed by atoms with Crippen molar-refractivity contribution in [3.8, 4) is 0 Å². The van der Waals surface area contributed by atoms with Gasteiger partial charge in [0.05, 0.1) is 13.2 Å². The van der Waals surface area contributed by atoms with Crippen molar-refractivity contribution in [2.75, 3.05) is 7.11 Å². The SMILES string of the molecule is CCCC[C@@H](NC(=O)CCC(=O)N[C@H](C)c1ccccc1)C(=O)OC. The second kappa shape index (κ2) is 11.2. The van der Waals surface area contributed by atoms with Crippen molar-refractivity contribution < 1.29 is 19.1 Å². The van der Waals surface area contributed by atoms with Crippen LogP contribution in [0.4, 0.5) is 0 Å². The fraction of sp³-hybridized carbons (Fsp3) is 0.526. The van der Waals surface area contributed by atoms with Crippen LogP contribution in [0.3, 0.4) is 0 Å². The molecule has 1 aromatic carbocycles. The van der Waals surface area contributed by atoms with Crippen LogP contribution in [-0.2, 0) is 19.1 Å². The topological polar surface area (TPSA) is 84.5 Å². The lowest BCUT2D eigenvalue weighted by Crippen LogP contribution is -2.41. The van der Waals surface area contributed by atoms with Crippen molar-refractivity contribution in [1.82, 2.24) is 10.6 Å². The first-order chi connectivity index (χ1) is 12.0. The number of carbonyl (C=O) groups excluding carboxylic acids is 3. The van der Waals surface area contributed by atoms with Crippen LogP contribution in [0.2, 0.25) is 0 Å². The molecule has 0 spiro atoms. The largest absolute Gasteiger partial charge is 0.467 e. The first kappa shape index (κ1) is 20.7. The van der Waals surface area contributed by atoms with E-state index in [1.165, 1.54) is 7.11 Å². The Kier molecular flexibility index (Phi) is 9.29. The first-order valence-electron chi connectivity index (χ1n) is 8.69. The maximum atomic E-state index is 12.0. The molecule has 0 bridgehead atoms. The summed E-state index contributed by atoms with van der Waals surface area (Å²) in [6.45, 7) is 3.90. The number of unbranched alkanes of at least 4 members (excludes halogenated alkanes) is 1. The van der Waals surface area contributed by atoms with Crippen LogP contribution in [0.5, 0.6) is 0 Å². The number of hydrogen-bond donors (Lipinski definition) is 2. The van der Waals surface area contributed by atoms with E-state index in [1.54, 1.807) is 0 Å². The molecular weight excluding hydrogens is 320 g/mol. The van der Waals surface area contributed by atoms with Crippen LogP contribution in [0.1, 0.15) is 57.6 Å². The summed E-state index contributed by atoms with van der Waals surface area (Å²) in [5.74, 6) is -0.979. The Morgan fingerprint density at radius 3 is 2.20 bits per heavy atom. The second-order valence-electron chi connectivity index (χ2n) is 5.99. The van der Waals surface area contributed by atoms with Crippen molar-refractivity contribution >= 4 is 17.8 Å². The average molecular weight is 348 g/mol. The number of carbonyl (C=O) groups is 3. The molecule has 0 saturated carbocycles. The zero-order valence-corrected chi connectivity index (χ0v) is 15.2. The minimum absolute atomic E-state index is 0.0347. The summed E-state index contributed by atoms with van der Waals surface area (Å²) in [6, 6.07) is 8.84. The molecule has 25 heavy (non-hydrogen) atoms. The minimum Gasteiger partial charge on any atom is -0.467 e. The Labute approximate surface area is 149 Å². The van der Waals surface area contributed by atoms with Gasteiger partial charge in [-0.1, -0.05) is 50.1 Å². The van der Waals surface area contributed by atoms with Crippen LogP contribution in [0.15, 0.2) is 30.3 Å². The van der Waals surface area contributed by atoms with Gasteiger partial charge in [-0.2, -0.15) is 0 Å². The van der Waals surface area contributed by atoms with Gasteiger partial charge in [0.25, 0.3) is 0 Å². The predicted octanol–water partition coefficient (Wildman–Crippen LogP) is 2.49. The van der Waals surface area contributed by atoms with Gasteiger partial charge in [-0.25, -0.2) is 4.79 Å². The molecule has 1 aromatic rings. The normalized spacial score (nSPS) is 12.8. The van der Waals surface area contributed by atoms with Gasteiger partial charge in [0, 0.05) is 12.8 Å². The zero-order chi connectivity index (χ0) is 18.7. The lowest BCUT2D eigenvalue weighted by molar-refractivity contribution is -0.145. The lowest BCUT2D eigenvalue weighted by Gasteiger charge is -2.17. The number of amides is 2. The molecule has 2 amide bonds. The number of hydrogen-bond acceptors (Lipinski definition) is 4. The Bertz CT molecular complexity index is 560. The monoisotopic (exact) mass is 348 g/mol. The summed E-state index contributed by atoms with van der Waals surface area (Å²) in [7, 11) is 1.30. The quantitative estimate of drug-likeness (QED) is 0.636. The number of ether oxygens (including phenoxy) is 1. The molecule has 2 N–H and O–H groups in total. The van der Waals surface area contributed by atoms with Gasteiger partial charge in [-0.05, 0) is 18.9 Å². The summed E-state index contributed by atoms with van der Waals surface area (Å²) in [4.78, 5) is 35.7. The van der Waals surface area contributed by atoms with Crippen LogP contribution >= 0.6 is 0 Å². The van der Waals surface area contributed by atoms with E-state index in [0.717, 1.165) is 18.4 Å². The Morgan fingerprint density at radius 2 is 1.64 bits per heavy atom. The minimum atomic E-state index is -0.649. The van der Waals surface area contributed by atoms with Crippen molar-refractivity contribution in [2.45, 2.75) is 58.0 Å². The van der Waals surface area contributed by atoms with E-state index >= 15 is 0 Å². The van der Waals surface area contributed by atoms with E-state index < -0.39 is 12.0 Å². The Morgan fingerprint density at radius 1 is 1.04 bits per heavy atom. The summed E-state index contributed by atoms with van der Waals surface area (Å²) < 4.78 is 4.70. The Balaban J connectivity index is 2.41. The molecule has 0 aliphatic rings. The number of nitrogens with one attached hydrogen (secondary N) is 2. The molecule has 1 rings (SSSR count). The second-order valence-corrected chi connectivity index (χ2v) is 5.99. The highest BCUT2D eigenvalue weighted by atomic mass is 16.5. The predicted molar refractivity (Wildman–Crippen MR) is 95.7 cm³/mol. The van der Waals surface area contributed by atoms with E-state index in [4.69, 9.17) is 4.74 Å². The lowest BCUT2D eigenvalue weighted by atomic mass is 10.1. The van der Waals surface area contributed by atoms with E-state index in [0.29, 0.717) is 6.42 Å². The van der Waals surface area contributed by atoms with Crippen LogP contribution in [0.25, 0.3) is 0 Å². The fourth-order valence-corrected chi connectivity index (χ4v) is 2.43. The highest BCUT2D eigenvalue weighted by Crippen LogP contribution is 2.11. The van der Waals surface area contributed by atoms with Gasteiger partial charge in [0.15, 0.2) is 0 Å².